The summed E-state index contributed by atoms with van der Waals surface area (Å²) < 4.78 is 0. The molecule has 90 valence electrons. The summed E-state index contributed by atoms with van der Waals surface area (Å²) in [5, 5.41) is 8.75. The maximum atomic E-state index is 8.75. The summed E-state index contributed by atoms with van der Waals surface area (Å²) in [4.78, 5) is 6.69. The summed E-state index contributed by atoms with van der Waals surface area (Å²) >= 11 is 0. The van der Waals surface area contributed by atoms with Crippen LogP contribution in [0.5, 0.6) is 0 Å². The van der Waals surface area contributed by atoms with Gasteiger partial charge >= 0.3 is 0 Å². The molecule has 17 heavy (non-hydrogen) atoms. The van der Waals surface area contributed by atoms with Gasteiger partial charge in [0.15, 0.2) is 0 Å². The topological polar surface area (TPSA) is 39.9 Å². The van der Waals surface area contributed by atoms with E-state index < -0.39 is 0 Å². The van der Waals surface area contributed by atoms with Crippen molar-refractivity contribution in [1.29, 1.82) is 5.26 Å². The third kappa shape index (κ3) is 2.41. The molecule has 0 spiro atoms. The number of nitrogens with zero attached hydrogens (tertiary/aromatic N) is 3. The number of anilines is 1. The molecule has 1 saturated heterocycles. The smallest absolute Gasteiger partial charge is 0.128 e. The van der Waals surface area contributed by atoms with E-state index in [1.165, 1.54) is 6.42 Å². The number of rotatable bonds is 1. The Morgan fingerprint density at radius 2 is 2.24 bits per heavy atom. The largest absolute Gasteiger partial charge is 0.356 e. The van der Waals surface area contributed by atoms with Crippen LogP contribution in [0.4, 0.5) is 5.82 Å². The van der Waals surface area contributed by atoms with Gasteiger partial charge in [0.25, 0.3) is 0 Å². The average molecular weight is 229 g/mol. The zero-order chi connectivity index (χ0) is 12.5. The molecule has 0 aromatic carbocycles. The van der Waals surface area contributed by atoms with Crippen molar-refractivity contribution in [1.82, 2.24) is 4.98 Å². The zero-order valence-electron chi connectivity index (χ0n) is 10.8. The monoisotopic (exact) mass is 229 g/mol. The van der Waals surface area contributed by atoms with E-state index >= 15 is 0 Å². The summed E-state index contributed by atoms with van der Waals surface area (Å²) in [6.07, 6.45) is 2.86. The van der Waals surface area contributed by atoms with Crippen LogP contribution in [0.1, 0.15) is 32.8 Å². The third-order valence-electron chi connectivity index (χ3n) is 3.97. The lowest BCUT2D eigenvalue weighted by Crippen LogP contribution is -2.45. The SMILES string of the molecule is C[C@@H]1CCN(c2ccc(C#N)cn2)CC1(C)C. The lowest BCUT2D eigenvalue weighted by molar-refractivity contribution is 0.193. The quantitative estimate of drug-likeness (QED) is 0.743. The van der Waals surface area contributed by atoms with Gasteiger partial charge < -0.3 is 4.90 Å². The van der Waals surface area contributed by atoms with Crippen molar-refractivity contribution in [2.75, 3.05) is 18.0 Å². The molecule has 0 bridgehead atoms. The van der Waals surface area contributed by atoms with Crippen LogP contribution >= 0.6 is 0 Å². The molecule has 0 unspecified atom stereocenters. The van der Waals surface area contributed by atoms with Crippen LogP contribution in [-0.2, 0) is 0 Å². The molecule has 2 heterocycles. The van der Waals surface area contributed by atoms with Crippen LogP contribution in [0.3, 0.4) is 0 Å². The Labute approximate surface area is 103 Å². The Morgan fingerprint density at radius 1 is 1.47 bits per heavy atom. The molecule has 1 aromatic rings. The molecule has 3 nitrogen and oxygen atoms in total. The van der Waals surface area contributed by atoms with E-state index in [-0.39, 0.29) is 0 Å². The molecule has 0 radical (unpaired) electrons. The van der Waals surface area contributed by atoms with Crippen molar-refractivity contribution in [2.24, 2.45) is 11.3 Å². The van der Waals surface area contributed by atoms with Gasteiger partial charge in [-0.3, -0.25) is 0 Å². The van der Waals surface area contributed by atoms with Gasteiger partial charge in [-0.1, -0.05) is 20.8 Å². The Balaban J connectivity index is 2.15. The highest BCUT2D eigenvalue weighted by molar-refractivity contribution is 5.42. The molecule has 0 amide bonds. The predicted molar refractivity (Wildman–Crippen MR) is 68.7 cm³/mol. The highest BCUT2D eigenvalue weighted by Crippen LogP contribution is 2.35. The molecule has 0 aliphatic carbocycles. The number of aromatic nitrogens is 1. The van der Waals surface area contributed by atoms with Gasteiger partial charge in [0, 0.05) is 19.3 Å². The number of nitriles is 1. The molecular weight excluding hydrogens is 210 g/mol. The summed E-state index contributed by atoms with van der Waals surface area (Å²) in [6.45, 7) is 9.04. The van der Waals surface area contributed by atoms with Crippen molar-refractivity contribution in [3.8, 4) is 6.07 Å². The van der Waals surface area contributed by atoms with E-state index in [1.54, 1.807) is 6.20 Å². The first-order valence-corrected chi connectivity index (χ1v) is 6.14. The molecule has 1 fully saturated rings. The number of hydrogen-bond donors (Lipinski definition) is 0. The van der Waals surface area contributed by atoms with Gasteiger partial charge in [0.2, 0.25) is 0 Å². The summed E-state index contributed by atoms with van der Waals surface area (Å²) in [6, 6.07) is 5.89. The fourth-order valence-corrected chi connectivity index (χ4v) is 2.30. The van der Waals surface area contributed by atoms with Gasteiger partial charge in [-0.25, -0.2) is 4.98 Å². The first-order chi connectivity index (χ1) is 8.03. The second-order valence-electron chi connectivity index (χ2n) is 5.62. The molecule has 1 aromatic heterocycles. The lowest BCUT2D eigenvalue weighted by atomic mass is 9.75. The van der Waals surface area contributed by atoms with Crippen molar-refractivity contribution in [2.45, 2.75) is 27.2 Å². The molecule has 1 atom stereocenters. The molecule has 1 aliphatic heterocycles. The summed E-state index contributed by atoms with van der Waals surface area (Å²) in [7, 11) is 0. The Hall–Kier alpha value is -1.56. The van der Waals surface area contributed by atoms with E-state index in [4.69, 9.17) is 5.26 Å². The normalized spacial score (nSPS) is 23.2. The molecular formula is C14H19N3. The number of piperidine rings is 1. The van der Waals surface area contributed by atoms with Crippen LogP contribution in [0.25, 0.3) is 0 Å². The lowest BCUT2D eigenvalue weighted by Gasteiger charge is -2.43. The van der Waals surface area contributed by atoms with Crippen molar-refractivity contribution < 1.29 is 0 Å². The van der Waals surface area contributed by atoms with E-state index in [9.17, 15) is 0 Å². The second kappa shape index (κ2) is 4.37. The van der Waals surface area contributed by atoms with E-state index in [2.05, 4.69) is 36.7 Å². The fraction of sp³-hybridized carbons (Fsp3) is 0.571. The minimum Gasteiger partial charge on any atom is -0.356 e. The van der Waals surface area contributed by atoms with E-state index in [0.717, 1.165) is 24.8 Å². The average Bonchev–Trinajstić information content (AvgIpc) is 2.33. The zero-order valence-corrected chi connectivity index (χ0v) is 10.8. The van der Waals surface area contributed by atoms with Gasteiger partial charge in [0.1, 0.15) is 11.9 Å². The molecule has 2 rings (SSSR count). The van der Waals surface area contributed by atoms with Crippen molar-refractivity contribution in [3.05, 3.63) is 23.9 Å². The second-order valence-corrected chi connectivity index (χ2v) is 5.62. The van der Waals surface area contributed by atoms with Crippen LogP contribution in [0.2, 0.25) is 0 Å². The van der Waals surface area contributed by atoms with Crippen LogP contribution < -0.4 is 4.90 Å². The first kappa shape index (κ1) is 11.9. The van der Waals surface area contributed by atoms with Gasteiger partial charge in [-0.15, -0.1) is 0 Å². The van der Waals surface area contributed by atoms with Crippen molar-refractivity contribution in [3.63, 3.8) is 0 Å². The molecule has 0 saturated carbocycles. The van der Waals surface area contributed by atoms with E-state index in [1.807, 2.05) is 12.1 Å². The molecule has 3 heteroatoms. The minimum atomic E-state index is 0.327. The van der Waals surface area contributed by atoms with Gasteiger partial charge in [-0.05, 0) is 29.9 Å². The maximum Gasteiger partial charge on any atom is 0.128 e. The van der Waals surface area contributed by atoms with Gasteiger partial charge in [0.05, 0.1) is 5.56 Å². The first-order valence-electron chi connectivity index (χ1n) is 6.14. The van der Waals surface area contributed by atoms with E-state index in [0.29, 0.717) is 11.0 Å². The summed E-state index contributed by atoms with van der Waals surface area (Å²) in [5.74, 6) is 1.74. The Kier molecular flexibility index (Phi) is 3.06. The Morgan fingerprint density at radius 3 is 2.76 bits per heavy atom. The van der Waals surface area contributed by atoms with Crippen LogP contribution in [0.15, 0.2) is 18.3 Å². The predicted octanol–water partition coefficient (Wildman–Crippen LogP) is 2.83. The highest BCUT2D eigenvalue weighted by Gasteiger charge is 2.33. The highest BCUT2D eigenvalue weighted by atomic mass is 15.2. The third-order valence-corrected chi connectivity index (χ3v) is 3.97. The van der Waals surface area contributed by atoms with Crippen molar-refractivity contribution >= 4 is 5.82 Å². The summed E-state index contributed by atoms with van der Waals surface area (Å²) in [5.41, 5.74) is 0.951. The van der Waals surface area contributed by atoms with Crippen LogP contribution in [0, 0.1) is 22.7 Å². The van der Waals surface area contributed by atoms with Crippen LogP contribution in [-0.4, -0.2) is 18.1 Å². The van der Waals surface area contributed by atoms with Gasteiger partial charge in [-0.2, -0.15) is 5.26 Å². The number of pyridine rings is 1. The molecule has 0 N–H and O–H groups in total. The fourth-order valence-electron chi connectivity index (χ4n) is 2.30. The number of hydrogen-bond acceptors (Lipinski definition) is 3. The Bertz CT molecular complexity index is 428. The molecule has 1 aliphatic rings. The minimum absolute atomic E-state index is 0.327. The standard InChI is InChI=1S/C14H19N3/c1-11-6-7-17(10-14(11,2)3)13-5-4-12(8-15)9-16-13/h4-5,9,11H,6-7,10H2,1-3H3/t11-/m1/s1. The maximum absolute atomic E-state index is 8.75.